The molecule has 4 heteroatoms. The van der Waals surface area contributed by atoms with E-state index in [-0.39, 0.29) is 0 Å². The first kappa shape index (κ1) is 9.83. The molecule has 0 radical (unpaired) electrons. The van der Waals surface area contributed by atoms with Crippen molar-refractivity contribution in [3.63, 3.8) is 0 Å². The summed E-state index contributed by atoms with van der Waals surface area (Å²) >= 11 is 0. The smallest absolute Gasteiger partial charge is 0.131 e. The Morgan fingerprint density at radius 2 is 2.00 bits per heavy atom. The molecule has 0 aromatic carbocycles. The predicted octanol–water partition coefficient (Wildman–Crippen LogP) is 2.00. The molecule has 0 N–H and O–H groups in total. The lowest BCUT2D eigenvalue weighted by Crippen LogP contribution is -1.94. The van der Waals surface area contributed by atoms with Crippen LogP contribution in [0.15, 0.2) is 24.4 Å². The van der Waals surface area contributed by atoms with Crippen molar-refractivity contribution >= 4 is 0 Å². The summed E-state index contributed by atoms with van der Waals surface area (Å²) in [6.45, 7) is 4.26. The Balaban J connectivity index is 2.41. The number of aryl methyl sites for hydroxylation is 1. The first-order valence-electron chi connectivity index (χ1n) is 5.00. The lowest BCUT2D eigenvalue weighted by atomic mass is 10.1. The molecule has 0 aliphatic rings. The first-order valence-corrected chi connectivity index (χ1v) is 5.00. The summed E-state index contributed by atoms with van der Waals surface area (Å²) in [6, 6.07) is 5.99. The van der Waals surface area contributed by atoms with E-state index in [2.05, 4.69) is 29.1 Å². The van der Waals surface area contributed by atoms with Gasteiger partial charge in [-0.3, -0.25) is 9.67 Å². The zero-order valence-electron chi connectivity index (χ0n) is 9.18. The van der Waals surface area contributed by atoms with Crippen molar-refractivity contribution in [3.05, 3.63) is 30.1 Å². The van der Waals surface area contributed by atoms with Crippen LogP contribution in [0.4, 0.5) is 0 Å². The number of nitrogens with zero attached hydrogens (tertiary/aromatic N) is 4. The van der Waals surface area contributed by atoms with Crippen molar-refractivity contribution in [2.45, 2.75) is 19.8 Å². The number of pyridine rings is 1. The van der Waals surface area contributed by atoms with Crippen LogP contribution in [0.1, 0.15) is 25.5 Å². The second-order valence-electron chi connectivity index (χ2n) is 3.88. The largest absolute Gasteiger partial charge is 0.255 e. The fraction of sp³-hybridized carbons (Fsp3) is 0.364. The van der Waals surface area contributed by atoms with Crippen molar-refractivity contribution in [2.75, 3.05) is 0 Å². The summed E-state index contributed by atoms with van der Waals surface area (Å²) in [5.74, 6) is 0.432. The minimum absolute atomic E-state index is 0.432. The predicted molar refractivity (Wildman–Crippen MR) is 58.3 cm³/mol. The van der Waals surface area contributed by atoms with Crippen molar-refractivity contribution in [2.24, 2.45) is 7.05 Å². The maximum Gasteiger partial charge on any atom is 0.131 e. The van der Waals surface area contributed by atoms with E-state index in [1.807, 2.05) is 31.4 Å². The maximum absolute atomic E-state index is 4.54. The third-order valence-corrected chi connectivity index (χ3v) is 2.23. The molecule has 0 saturated carbocycles. The summed E-state index contributed by atoms with van der Waals surface area (Å²) in [6.07, 6.45) is 1.87. The molecule has 0 aliphatic carbocycles. The van der Waals surface area contributed by atoms with E-state index < -0.39 is 0 Å². The van der Waals surface area contributed by atoms with Gasteiger partial charge in [-0.25, -0.2) is 0 Å². The van der Waals surface area contributed by atoms with Gasteiger partial charge in [0.25, 0.3) is 0 Å². The Bertz CT molecular complexity index is 459. The van der Waals surface area contributed by atoms with Gasteiger partial charge >= 0.3 is 0 Å². The zero-order chi connectivity index (χ0) is 10.8. The Morgan fingerprint density at radius 3 is 2.60 bits per heavy atom. The molecule has 0 spiro atoms. The van der Waals surface area contributed by atoms with Crippen LogP contribution < -0.4 is 0 Å². The molecule has 0 aliphatic heterocycles. The molecule has 2 heterocycles. The number of hydrogen-bond acceptors (Lipinski definition) is 3. The summed E-state index contributed by atoms with van der Waals surface area (Å²) in [7, 11) is 1.85. The first-order chi connectivity index (χ1) is 7.16. The van der Waals surface area contributed by atoms with E-state index >= 15 is 0 Å². The second-order valence-corrected chi connectivity index (χ2v) is 3.88. The van der Waals surface area contributed by atoms with Crippen LogP contribution in [-0.2, 0) is 7.05 Å². The molecule has 0 bridgehead atoms. The van der Waals surface area contributed by atoms with E-state index in [1.54, 1.807) is 4.68 Å². The Morgan fingerprint density at radius 1 is 1.20 bits per heavy atom. The lowest BCUT2D eigenvalue weighted by Gasteiger charge is -2.04. The van der Waals surface area contributed by atoms with Gasteiger partial charge in [0.2, 0.25) is 0 Å². The standard InChI is InChI=1S/C11H14N4/c1-8(2)9-5-4-6-10(12-9)11-7-15(3)14-13-11/h4-8H,1-3H3. The SMILES string of the molecule is CC(C)c1cccc(-c2cn(C)nn2)n1. The van der Waals surface area contributed by atoms with Gasteiger partial charge in [-0.15, -0.1) is 5.10 Å². The molecular weight excluding hydrogens is 188 g/mol. The van der Waals surface area contributed by atoms with Crippen molar-refractivity contribution < 1.29 is 0 Å². The third-order valence-electron chi connectivity index (χ3n) is 2.23. The quantitative estimate of drug-likeness (QED) is 0.748. The molecule has 4 nitrogen and oxygen atoms in total. The second kappa shape index (κ2) is 3.81. The molecule has 15 heavy (non-hydrogen) atoms. The fourth-order valence-electron chi connectivity index (χ4n) is 1.38. The van der Waals surface area contributed by atoms with Crippen molar-refractivity contribution in [3.8, 4) is 11.4 Å². The highest BCUT2D eigenvalue weighted by Crippen LogP contribution is 2.17. The van der Waals surface area contributed by atoms with Gasteiger partial charge in [-0.2, -0.15) is 0 Å². The van der Waals surface area contributed by atoms with E-state index in [4.69, 9.17) is 0 Å². The van der Waals surface area contributed by atoms with Crippen LogP contribution >= 0.6 is 0 Å². The molecule has 2 aromatic rings. The minimum atomic E-state index is 0.432. The summed E-state index contributed by atoms with van der Waals surface area (Å²) in [4.78, 5) is 4.54. The summed E-state index contributed by atoms with van der Waals surface area (Å²) in [5, 5.41) is 7.93. The highest BCUT2D eigenvalue weighted by atomic mass is 15.4. The average molecular weight is 202 g/mol. The monoisotopic (exact) mass is 202 g/mol. The minimum Gasteiger partial charge on any atom is -0.255 e. The van der Waals surface area contributed by atoms with Gasteiger partial charge < -0.3 is 0 Å². The molecule has 2 rings (SSSR count). The van der Waals surface area contributed by atoms with Crippen LogP contribution in [-0.4, -0.2) is 20.0 Å². The Hall–Kier alpha value is -1.71. The zero-order valence-corrected chi connectivity index (χ0v) is 9.18. The fourth-order valence-corrected chi connectivity index (χ4v) is 1.38. The van der Waals surface area contributed by atoms with E-state index in [9.17, 15) is 0 Å². The maximum atomic E-state index is 4.54. The number of aromatic nitrogens is 4. The highest BCUT2D eigenvalue weighted by molar-refractivity contribution is 5.52. The highest BCUT2D eigenvalue weighted by Gasteiger charge is 2.06. The molecular formula is C11H14N4. The van der Waals surface area contributed by atoms with Gasteiger partial charge in [0, 0.05) is 12.7 Å². The molecule has 0 unspecified atom stereocenters. The summed E-state index contributed by atoms with van der Waals surface area (Å²) in [5.41, 5.74) is 2.78. The topological polar surface area (TPSA) is 43.6 Å². The van der Waals surface area contributed by atoms with E-state index in [0.717, 1.165) is 17.1 Å². The lowest BCUT2D eigenvalue weighted by molar-refractivity contribution is 0.715. The third kappa shape index (κ3) is 2.03. The van der Waals surface area contributed by atoms with Gasteiger partial charge in [0.05, 0.1) is 11.9 Å². The van der Waals surface area contributed by atoms with Gasteiger partial charge in [0.1, 0.15) is 5.69 Å². The van der Waals surface area contributed by atoms with Gasteiger partial charge in [0.15, 0.2) is 0 Å². The molecule has 0 fully saturated rings. The average Bonchev–Trinajstić information content (AvgIpc) is 2.65. The molecule has 0 saturated heterocycles. The summed E-state index contributed by atoms with van der Waals surface area (Å²) < 4.78 is 1.68. The van der Waals surface area contributed by atoms with E-state index in [0.29, 0.717) is 5.92 Å². The van der Waals surface area contributed by atoms with Crippen LogP contribution in [0.3, 0.4) is 0 Å². The van der Waals surface area contributed by atoms with Crippen LogP contribution in [0.5, 0.6) is 0 Å². The van der Waals surface area contributed by atoms with E-state index in [1.165, 1.54) is 0 Å². The normalized spacial score (nSPS) is 10.9. The Kier molecular flexibility index (Phi) is 2.49. The number of rotatable bonds is 2. The van der Waals surface area contributed by atoms with Crippen molar-refractivity contribution in [1.82, 2.24) is 20.0 Å². The Labute approximate surface area is 89.0 Å². The molecule has 78 valence electrons. The molecule has 2 aromatic heterocycles. The van der Waals surface area contributed by atoms with Crippen LogP contribution in [0.2, 0.25) is 0 Å². The van der Waals surface area contributed by atoms with Crippen LogP contribution in [0.25, 0.3) is 11.4 Å². The molecule has 0 atom stereocenters. The van der Waals surface area contributed by atoms with Crippen molar-refractivity contribution in [1.29, 1.82) is 0 Å². The molecule has 0 amide bonds. The van der Waals surface area contributed by atoms with Crippen LogP contribution in [0, 0.1) is 0 Å². The van der Waals surface area contributed by atoms with Gasteiger partial charge in [-0.1, -0.05) is 25.1 Å². The van der Waals surface area contributed by atoms with Gasteiger partial charge in [-0.05, 0) is 18.1 Å². The number of hydrogen-bond donors (Lipinski definition) is 0.